The van der Waals surface area contributed by atoms with Gasteiger partial charge in [0.2, 0.25) is 5.91 Å². The molecule has 8 heteroatoms. The Morgan fingerprint density at radius 3 is 2.75 bits per heavy atom. The van der Waals surface area contributed by atoms with Crippen molar-refractivity contribution < 1.29 is 14.0 Å². The molecular formula is C24H31ClFN3O3. The highest BCUT2D eigenvalue weighted by Gasteiger charge is 2.46. The fourth-order valence-corrected chi connectivity index (χ4v) is 5.07. The number of aromatic nitrogens is 1. The van der Waals surface area contributed by atoms with Gasteiger partial charge in [-0.3, -0.25) is 19.0 Å². The van der Waals surface area contributed by atoms with Crippen LogP contribution in [0.3, 0.4) is 0 Å². The van der Waals surface area contributed by atoms with Crippen molar-refractivity contribution in [3.8, 4) is 0 Å². The Kier molecular flexibility index (Phi) is 7.93. The van der Waals surface area contributed by atoms with Gasteiger partial charge >= 0.3 is 0 Å². The lowest BCUT2D eigenvalue weighted by Gasteiger charge is -2.37. The first-order valence-corrected chi connectivity index (χ1v) is 11.7. The molecule has 1 aromatic rings. The van der Waals surface area contributed by atoms with Crippen LogP contribution in [-0.4, -0.2) is 22.9 Å². The van der Waals surface area contributed by atoms with Gasteiger partial charge in [0.05, 0.1) is 12.8 Å². The van der Waals surface area contributed by atoms with Gasteiger partial charge in [0.25, 0.3) is 11.5 Å². The molecular weight excluding hydrogens is 433 g/mol. The predicted octanol–water partition coefficient (Wildman–Crippen LogP) is 3.92. The third kappa shape index (κ3) is 4.98. The molecule has 0 radical (unpaired) electrons. The number of hydrogen-bond donors (Lipinski definition) is 2. The van der Waals surface area contributed by atoms with E-state index in [1.165, 1.54) is 17.7 Å². The minimum atomic E-state index is -0.647. The third-order valence-electron chi connectivity index (χ3n) is 6.64. The average molecular weight is 464 g/mol. The lowest BCUT2D eigenvalue weighted by Crippen LogP contribution is -2.49. The van der Waals surface area contributed by atoms with Gasteiger partial charge in [-0.25, -0.2) is 4.39 Å². The second kappa shape index (κ2) is 10.5. The molecule has 1 aromatic heterocycles. The largest absolute Gasteiger partial charge is 0.355 e. The highest BCUT2D eigenvalue weighted by atomic mass is 35.5. The first kappa shape index (κ1) is 24.2. The molecule has 1 unspecified atom stereocenters. The zero-order valence-electron chi connectivity index (χ0n) is 18.6. The number of hydrogen-bond acceptors (Lipinski definition) is 3. The van der Waals surface area contributed by atoms with Crippen LogP contribution in [0, 0.1) is 11.8 Å². The summed E-state index contributed by atoms with van der Waals surface area (Å²) in [5.41, 5.74) is 2.17. The summed E-state index contributed by atoms with van der Waals surface area (Å²) in [4.78, 5) is 38.7. The van der Waals surface area contributed by atoms with Gasteiger partial charge in [-0.1, -0.05) is 37.6 Å². The summed E-state index contributed by atoms with van der Waals surface area (Å²) in [6, 6.07) is 1.50. The number of allylic oxidation sites excluding steroid dienone is 1. The van der Waals surface area contributed by atoms with E-state index in [1.54, 1.807) is 10.6 Å². The number of nitrogens with zero attached hydrogens (tertiary/aromatic N) is 1. The summed E-state index contributed by atoms with van der Waals surface area (Å²) >= 11 is 5.63. The molecule has 1 aliphatic carbocycles. The summed E-state index contributed by atoms with van der Waals surface area (Å²) in [7, 11) is 0. The van der Waals surface area contributed by atoms with Crippen molar-refractivity contribution in [2.45, 2.75) is 64.5 Å². The highest BCUT2D eigenvalue weighted by Crippen LogP contribution is 2.39. The monoisotopic (exact) mass is 463 g/mol. The predicted molar refractivity (Wildman–Crippen MR) is 123 cm³/mol. The molecule has 0 aromatic carbocycles. The van der Waals surface area contributed by atoms with E-state index in [9.17, 15) is 18.8 Å². The number of carbonyl (C=O) groups is 2. The Balaban J connectivity index is 1.83. The van der Waals surface area contributed by atoms with Gasteiger partial charge in [-0.05, 0) is 61.5 Å². The van der Waals surface area contributed by atoms with Crippen molar-refractivity contribution >= 4 is 23.4 Å². The van der Waals surface area contributed by atoms with Crippen molar-refractivity contribution in [1.29, 1.82) is 0 Å². The molecule has 1 spiro atoms. The molecule has 3 rings (SSSR count). The first-order chi connectivity index (χ1) is 15.3. The van der Waals surface area contributed by atoms with E-state index < -0.39 is 5.66 Å². The molecule has 2 aliphatic rings. The zero-order chi connectivity index (χ0) is 23.3. The molecule has 0 bridgehead atoms. The topological polar surface area (TPSA) is 80.2 Å². The van der Waals surface area contributed by atoms with Crippen molar-refractivity contribution in [3.63, 3.8) is 0 Å². The Labute approximate surface area is 192 Å². The molecule has 174 valence electrons. The van der Waals surface area contributed by atoms with E-state index in [0.29, 0.717) is 42.9 Å². The molecule has 2 amide bonds. The Hall–Kier alpha value is -2.41. The Morgan fingerprint density at radius 1 is 1.41 bits per heavy atom. The van der Waals surface area contributed by atoms with Crippen molar-refractivity contribution in [3.05, 3.63) is 57.3 Å². The van der Waals surface area contributed by atoms with Crippen LogP contribution in [0.5, 0.6) is 0 Å². The molecule has 1 fully saturated rings. The summed E-state index contributed by atoms with van der Waals surface area (Å²) in [5.74, 6) is -0.0650. The van der Waals surface area contributed by atoms with Crippen molar-refractivity contribution in [1.82, 2.24) is 15.2 Å². The standard InChI is InChI=1S/C24H31ClFN3O3/c1-3-19-18(13-20(30)27-15-17(8-11-25)5-4-12-26)14-21(31)29-22(19)23(32)28-24(29)9-6-16(2)7-10-24/h4,8,11-12,14,16-17H,3,5-7,9-10,13,15H2,1-2H3,(H,27,30)(H,28,32)/b11-8+,12-4+. The number of rotatable bonds is 8. The van der Waals surface area contributed by atoms with Crippen LogP contribution in [0.15, 0.2) is 34.9 Å². The quantitative estimate of drug-likeness (QED) is 0.613. The molecule has 1 aliphatic heterocycles. The van der Waals surface area contributed by atoms with Crippen LogP contribution in [0.4, 0.5) is 4.39 Å². The average Bonchev–Trinajstić information content (AvgIpc) is 3.05. The Morgan fingerprint density at radius 2 is 2.12 bits per heavy atom. The minimum Gasteiger partial charge on any atom is -0.355 e. The zero-order valence-corrected chi connectivity index (χ0v) is 19.4. The number of pyridine rings is 1. The van der Waals surface area contributed by atoms with Crippen LogP contribution in [-0.2, 0) is 23.3 Å². The van der Waals surface area contributed by atoms with E-state index in [0.717, 1.165) is 31.2 Å². The first-order valence-electron chi connectivity index (χ1n) is 11.2. The lowest BCUT2D eigenvalue weighted by atomic mass is 9.82. The van der Waals surface area contributed by atoms with Crippen LogP contribution in [0.1, 0.15) is 67.6 Å². The van der Waals surface area contributed by atoms with Gasteiger partial charge in [0, 0.05) is 18.1 Å². The second-order valence-corrected chi connectivity index (χ2v) is 9.10. The van der Waals surface area contributed by atoms with Gasteiger partial charge in [0.15, 0.2) is 0 Å². The fraction of sp³-hybridized carbons (Fsp3) is 0.542. The van der Waals surface area contributed by atoms with Gasteiger partial charge < -0.3 is 10.6 Å². The molecule has 1 atom stereocenters. The molecule has 6 nitrogen and oxygen atoms in total. The normalized spacial score (nSPS) is 23.6. The van der Waals surface area contributed by atoms with E-state index in [-0.39, 0.29) is 29.7 Å². The molecule has 2 heterocycles. The van der Waals surface area contributed by atoms with Crippen molar-refractivity contribution in [2.75, 3.05) is 6.54 Å². The maximum Gasteiger partial charge on any atom is 0.270 e. The van der Waals surface area contributed by atoms with Crippen LogP contribution in [0.2, 0.25) is 0 Å². The van der Waals surface area contributed by atoms with Gasteiger partial charge in [-0.2, -0.15) is 0 Å². The smallest absolute Gasteiger partial charge is 0.270 e. The molecule has 0 saturated heterocycles. The lowest BCUT2D eigenvalue weighted by molar-refractivity contribution is -0.120. The van der Waals surface area contributed by atoms with E-state index >= 15 is 0 Å². The number of carbonyl (C=O) groups excluding carboxylic acids is 2. The summed E-state index contributed by atoms with van der Waals surface area (Å²) in [6.07, 6.45) is 7.84. The maximum atomic E-state index is 13.1. The summed E-state index contributed by atoms with van der Waals surface area (Å²) < 4.78 is 13.9. The molecule has 32 heavy (non-hydrogen) atoms. The molecule has 1 saturated carbocycles. The van der Waals surface area contributed by atoms with Gasteiger partial charge in [0.1, 0.15) is 11.4 Å². The van der Waals surface area contributed by atoms with E-state index in [1.807, 2.05) is 6.92 Å². The SMILES string of the molecule is CCc1c(CC(=O)NCC(/C=C/Cl)C/C=C/F)cc(=O)n2c1C(=O)NC21CCC(C)CC1. The fourth-order valence-electron chi connectivity index (χ4n) is 4.87. The van der Waals surface area contributed by atoms with E-state index in [4.69, 9.17) is 11.6 Å². The van der Waals surface area contributed by atoms with Crippen LogP contribution < -0.4 is 16.2 Å². The minimum absolute atomic E-state index is 0.000172. The van der Waals surface area contributed by atoms with Crippen LogP contribution >= 0.6 is 11.6 Å². The maximum absolute atomic E-state index is 13.1. The van der Waals surface area contributed by atoms with E-state index in [2.05, 4.69) is 17.6 Å². The summed E-state index contributed by atoms with van der Waals surface area (Å²) in [5, 5.41) is 5.91. The number of fused-ring (bicyclic) bond motifs is 2. The van der Waals surface area contributed by atoms with Gasteiger partial charge in [-0.15, -0.1) is 0 Å². The Bertz CT molecular complexity index is 977. The van der Waals surface area contributed by atoms with Crippen molar-refractivity contribution in [2.24, 2.45) is 11.8 Å². The van der Waals surface area contributed by atoms with Crippen LogP contribution in [0.25, 0.3) is 0 Å². The number of nitrogens with one attached hydrogen (secondary N) is 2. The summed E-state index contributed by atoms with van der Waals surface area (Å²) in [6.45, 7) is 4.40. The highest BCUT2D eigenvalue weighted by molar-refractivity contribution is 6.25. The number of halogens is 2. The third-order valence-corrected chi connectivity index (χ3v) is 6.79. The number of amides is 2. The molecule has 2 N–H and O–H groups in total. The second-order valence-electron chi connectivity index (χ2n) is 8.85.